The SMILES string of the molecule is CCNCCC(C)(C)CC1Cc2ccccc2S1. The first-order valence-electron chi connectivity index (χ1n) is 7.06. The molecular formula is C16H25NS. The zero-order chi connectivity index (χ0) is 13.0. The summed E-state index contributed by atoms with van der Waals surface area (Å²) in [4.78, 5) is 1.50. The molecule has 0 aromatic heterocycles. The molecule has 1 aliphatic rings. The van der Waals surface area contributed by atoms with Crippen LogP contribution in [0.25, 0.3) is 0 Å². The van der Waals surface area contributed by atoms with E-state index < -0.39 is 0 Å². The lowest BCUT2D eigenvalue weighted by Crippen LogP contribution is -2.25. The highest BCUT2D eigenvalue weighted by Gasteiger charge is 2.28. The van der Waals surface area contributed by atoms with Gasteiger partial charge >= 0.3 is 0 Å². The number of fused-ring (bicyclic) bond motifs is 1. The summed E-state index contributed by atoms with van der Waals surface area (Å²) in [6, 6.07) is 8.88. The standard InChI is InChI=1S/C16H25NS/c1-4-17-10-9-16(2,3)12-14-11-13-7-5-6-8-15(13)18-14/h5-8,14,17H,4,9-12H2,1-3H3. The summed E-state index contributed by atoms with van der Waals surface area (Å²) in [6.45, 7) is 9.23. The summed E-state index contributed by atoms with van der Waals surface area (Å²) in [5.41, 5.74) is 2.00. The van der Waals surface area contributed by atoms with Crippen molar-refractivity contribution in [2.45, 2.75) is 50.2 Å². The first kappa shape index (κ1) is 14.0. The second-order valence-corrected chi connectivity index (χ2v) is 7.37. The van der Waals surface area contributed by atoms with E-state index in [1.807, 2.05) is 0 Å². The predicted octanol–water partition coefficient (Wildman–Crippen LogP) is 4.12. The van der Waals surface area contributed by atoms with Gasteiger partial charge in [0, 0.05) is 10.1 Å². The van der Waals surface area contributed by atoms with Gasteiger partial charge in [0.05, 0.1) is 0 Å². The Labute approximate surface area is 116 Å². The Morgan fingerprint density at radius 3 is 2.83 bits per heavy atom. The predicted molar refractivity (Wildman–Crippen MR) is 81.3 cm³/mol. The van der Waals surface area contributed by atoms with E-state index in [2.05, 4.69) is 62.1 Å². The largest absolute Gasteiger partial charge is 0.317 e. The number of nitrogens with one attached hydrogen (secondary N) is 1. The molecule has 0 bridgehead atoms. The molecule has 1 N–H and O–H groups in total. The Morgan fingerprint density at radius 1 is 1.33 bits per heavy atom. The quantitative estimate of drug-likeness (QED) is 0.775. The molecule has 2 heteroatoms. The Hall–Kier alpha value is -0.470. The monoisotopic (exact) mass is 263 g/mol. The van der Waals surface area contributed by atoms with E-state index in [0.717, 1.165) is 18.3 Å². The lowest BCUT2D eigenvalue weighted by Gasteiger charge is -2.27. The molecule has 1 nitrogen and oxygen atoms in total. The molecule has 0 aliphatic carbocycles. The Balaban J connectivity index is 1.85. The maximum Gasteiger partial charge on any atom is 0.0140 e. The van der Waals surface area contributed by atoms with E-state index in [9.17, 15) is 0 Å². The van der Waals surface area contributed by atoms with Crippen LogP contribution in [0.15, 0.2) is 29.2 Å². The molecular weight excluding hydrogens is 238 g/mol. The molecule has 0 fully saturated rings. The Kier molecular flexibility index (Phi) is 4.74. The number of hydrogen-bond donors (Lipinski definition) is 1. The lowest BCUT2D eigenvalue weighted by molar-refractivity contribution is 0.300. The molecule has 1 unspecified atom stereocenters. The first-order valence-corrected chi connectivity index (χ1v) is 7.94. The van der Waals surface area contributed by atoms with Crippen LogP contribution in [-0.2, 0) is 6.42 Å². The molecule has 0 spiro atoms. The van der Waals surface area contributed by atoms with Gasteiger partial charge in [0.1, 0.15) is 0 Å². The summed E-state index contributed by atoms with van der Waals surface area (Å²) in [5, 5.41) is 4.22. The molecule has 0 radical (unpaired) electrons. The molecule has 1 heterocycles. The van der Waals surface area contributed by atoms with Gasteiger partial charge in [0.15, 0.2) is 0 Å². The summed E-state index contributed by atoms with van der Waals surface area (Å²) in [7, 11) is 0. The summed E-state index contributed by atoms with van der Waals surface area (Å²) in [6.07, 6.45) is 3.84. The summed E-state index contributed by atoms with van der Waals surface area (Å²) in [5.74, 6) is 0. The van der Waals surface area contributed by atoms with E-state index >= 15 is 0 Å². The average Bonchev–Trinajstić information content (AvgIpc) is 2.70. The van der Waals surface area contributed by atoms with Crippen molar-refractivity contribution in [1.82, 2.24) is 5.32 Å². The topological polar surface area (TPSA) is 12.0 Å². The zero-order valence-corrected chi connectivity index (χ0v) is 12.6. The van der Waals surface area contributed by atoms with Crippen molar-refractivity contribution in [2.75, 3.05) is 13.1 Å². The van der Waals surface area contributed by atoms with Gasteiger partial charge in [-0.25, -0.2) is 0 Å². The third kappa shape index (κ3) is 3.76. The summed E-state index contributed by atoms with van der Waals surface area (Å²) < 4.78 is 0. The van der Waals surface area contributed by atoms with Crippen LogP contribution in [0, 0.1) is 5.41 Å². The van der Waals surface area contributed by atoms with Crippen molar-refractivity contribution in [3.05, 3.63) is 29.8 Å². The van der Waals surface area contributed by atoms with Gasteiger partial charge < -0.3 is 5.32 Å². The maximum atomic E-state index is 3.44. The molecule has 0 saturated carbocycles. The van der Waals surface area contributed by atoms with Crippen LogP contribution in [0.1, 0.15) is 39.2 Å². The normalized spacial score (nSPS) is 18.9. The second-order valence-electron chi connectivity index (χ2n) is 6.02. The second kappa shape index (κ2) is 6.12. The van der Waals surface area contributed by atoms with Gasteiger partial charge in [-0.3, -0.25) is 0 Å². The first-order chi connectivity index (χ1) is 8.61. The van der Waals surface area contributed by atoms with E-state index in [4.69, 9.17) is 0 Å². The van der Waals surface area contributed by atoms with Crippen LogP contribution in [-0.4, -0.2) is 18.3 Å². The number of benzene rings is 1. The van der Waals surface area contributed by atoms with E-state index in [-0.39, 0.29) is 0 Å². The van der Waals surface area contributed by atoms with Crippen molar-refractivity contribution < 1.29 is 0 Å². The van der Waals surface area contributed by atoms with Gasteiger partial charge in [-0.05, 0) is 49.4 Å². The third-order valence-electron chi connectivity index (χ3n) is 3.72. The lowest BCUT2D eigenvalue weighted by atomic mass is 9.83. The fourth-order valence-electron chi connectivity index (χ4n) is 2.69. The van der Waals surface area contributed by atoms with Crippen molar-refractivity contribution >= 4 is 11.8 Å². The van der Waals surface area contributed by atoms with Crippen molar-refractivity contribution in [1.29, 1.82) is 0 Å². The highest BCUT2D eigenvalue weighted by molar-refractivity contribution is 8.00. The van der Waals surface area contributed by atoms with Crippen LogP contribution in [0.5, 0.6) is 0 Å². The minimum Gasteiger partial charge on any atom is -0.317 e. The third-order valence-corrected chi connectivity index (χ3v) is 5.04. The van der Waals surface area contributed by atoms with Crippen LogP contribution in [0.2, 0.25) is 0 Å². The number of rotatable bonds is 6. The number of hydrogen-bond acceptors (Lipinski definition) is 2. The molecule has 18 heavy (non-hydrogen) atoms. The zero-order valence-electron chi connectivity index (χ0n) is 11.8. The highest BCUT2D eigenvalue weighted by Crippen LogP contribution is 2.42. The van der Waals surface area contributed by atoms with Crippen molar-refractivity contribution in [3.63, 3.8) is 0 Å². The molecule has 1 aromatic rings. The molecule has 0 amide bonds. The van der Waals surface area contributed by atoms with Gasteiger partial charge in [0.25, 0.3) is 0 Å². The van der Waals surface area contributed by atoms with Crippen LogP contribution in [0.3, 0.4) is 0 Å². The van der Waals surface area contributed by atoms with Crippen molar-refractivity contribution in [2.24, 2.45) is 5.41 Å². The van der Waals surface area contributed by atoms with Gasteiger partial charge in [-0.1, -0.05) is 39.0 Å². The smallest absolute Gasteiger partial charge is 0.0140 e. The van der Waals surface area contributed by atoms with Gasteiger partial charge in [-0.2, -0.15) is 0 Å². The number of thioether (sulfide) groups is 1. The van der Waals surface area contributed by atoms with E-state index in [1.54, 1.807) is 5.56 Å². The van der Waals surface area contributed by atoms with Crippen LogP contribution >= 0.6 is 11.8 Å². The maximum absolute atomic E-state index is 3.44. The fraction of sp³-hybridized carbons (Fsp3) is 0.625. The highest BCUT2D eigenvalue weighted by atomic mass is 32.2. The molecule has 0 saturated heterocycles. The Morgan fingerprint density at radius 2 is 2.11 bits per heavy atom. The van der Waals surface area contributed by atoms with E-state index in [0.29, 0.717) is 5.41 Å². The molecule has 2 rings (SSSR count). The van der Waals surface area contributed by atoms with E-state index in [1.165, 1.54) is 24.2 Å². The minimum absolute atomic E-state index is 0.446. The minimum atomic E-state index is 0.446. The Bertz CT molecular complexity index is 361. The van der Waals surface area contributed by atoms with Crippen LogP contribution < -0.4 is 5.32 Å². The molecule has 1 atom stereocenters. The molecule has 100 valence electrons. The summed E-state index contributed by atoms with van der Waals surface area (Å²) >= 11 is 2.08. The van der Waals surface area contributed by atoms with Crippen LogP contribution in [0.4, 0.5) is 0 Å². The van der Waals surface area contributed by atoms with Crippen molar-refractivity contribution in [3.8, 4) is 0 Å². The van der Waals surface area contributed by atoms with Gasteiger partial charge in [-0.15, -0.1) is 11.8 Å². The molecule has 1 aromatic carbocycles. The fourth-order valence-corrected chi connectivity index (χ4v) is 4.31. The van der Waals surface area contributed by atoms with Gasteiger partial charge in [0.2, 0.25) is 0 Å². The molecule has 1 aliphatic heterocycles. The average molecular weight is 263 g/mol.